The minimum atomic E-state index is -0.243. The van der Waals surface area contributed by atoms with Gasteiger partial charge in [-0.15, -0.1) is 0 Å². The number of hydrogen-bond acceptors (Lipinski definition) is 3. The van der Waals surface area contributed by atoms with Gasteiger partial charge in [-0.3, -0.25) is 9.59 Å². The van der Waals surface area contributed by atoms with Gasteiger partial charge in [0, 0.05) is 11.9 Å². The predicted octanol–water partition coefficient (Wildman–Crippen LogP) is 3.13. The summed E-state index contributed by atoms with van der Waals surface area (Å²) in [6, 6.07) is 18.9. The second kappa shape index (κ2) is 6.77. The van der Waals surface area contributed by atoms with E-state index in [9.17, 15) is 9.59 Å². The normalized spacial score (nSPS) is 20.3. The van der Waals surface area contributed by atoms with Crippen LogP contribution in [0.1, 0.15) is 29.1 Å². The van der Waals surface area contributed by atoms with Crippen molar-refractivity contribution in [2.24, 2.45) is 0 Å². The van der Waals surface area contributed by atoms with Gasteiger partial charge in [0.05, 0.1) is 12.6 Å². The lowest BCUT2D eigenvalue weighted by atomic mass is 10.1. The molecular weight excluding hydrogens is 328 g/mol. The molecule has 1 N–H and O–H groups in total. The van der Waals surface area contributed by atoms with Crippen LogP contribution in [0.2, 0.25) is 0 Å². The molecule has 1 aliphatic heterocycles. The van der Waals surface area contributed by atoms with Gasteiger partial charge in [-0.05, 0) is 30.0 Å². The van der Waals surface area contributed by atoms with E-state index in [0.29, 0.717) is 24.2 Å². The summed E-state index contributed by atoms with van der Waals surface area (Å²) < 4.78 is 6.02. The Kier molecular flexibility index (Phi) is 4.31. The highest BCUT2D eigenvalue weighted by atomic mass is 16.5. The van der Waals surface area contributed by atoms with E-state index in [4.69, 9.17) is 4.74 Å². The van der Waals surface area contributed by atoms with Crippen LogP contribution in [0.3, 0.4) is 0 Å². The number of aromatic nitrogens is 1. The Morgan fingerprint density at radius 3 is 2.62 bits per heavy atom. The van der Waals surface area contributed by atoms with Crippen LogP contribution in [0.15, 0.2) is 65.5 Å². The van der Waals surface area contributed by atoms with E-state index in [2.05, 4.69) is 4.98 Å². The molecule has 0 radical (unpaired) electrons. The van der Waals surface area contributed by atoms with Gasteiger partial charge in [0.2, 0.25) is 0 Å². The maximum atomic E-state index is 13.0. The van der Waals surface area contributed by atoms with Gasteiger partial charge in [-0.25, -0.2) is 0 Å². The first kappa shape index (κ1) is 16.5. The summed E-state index contributed by atoms with van der Waals surface area (Å²) in [6.07, 6.45) is -0.249. The monoisotopic (exact) mass is 348 g/mol. The Morgan fingerprint density at radius 1 is 1.08 bits per heavy atom. The molecule has 3 aromatic rings. The molecule has 0 saturated carbocycles. The molecule has 0 bridgehead atoms. The molecule has 5 nitrogen and oxygen atoms in total. The van der Waals surface area contributed by atoms with Crippen LogP contribution in [0.5, 0.6) is 0 Å². The standard InChI is InChI=1S/C21H20N2O3/c1-14-12-23(13-19(26-14)15-7-3-2-4-8-15)21(25)18-11-16-9-5-6-10-17(16)20(24)22-18/h2-11,14,19H,12-13H2,1H3,(H,22,24)/t14-,19-/m0/s1. The molecule has 4 rings (SSSR count). The zero-order chi connectivity index (χ0) is 18.1. The molecule has 0 unspecified atom stereocenters. The van der Waals surface area contributed by atoms with Crippen molar-refractivity contribution in [1.29, 1.82) is 0 Å². The molecule has 0 spiro atoms. The zero-order valence-electron chi connectivity index (χ0n) is 14.5. The maximum absolute atomic E-state index is 13.0. The van der Waals surface area contributed by atoms with Crippen molar-refractivity contribution in [1.82, 2.24) is 9.88 Å². The number of fused-ring (bicyclic) bond motifs is 1. The number of hydrogen-bond donors (Lipinski definition) is 1. The summed E-state index contributed by atoms with van der Waals surface area (Å²) in [6.45, 7) is 2.91. The van der Waals surface area contributed by atoms with E-state index in [-0.39, 0.29) is 23.7 Å². The zero-order valence-corrected chi connectivity index (χ0v) is 14.5. The number of morpholine rings is 1. The van der Waals surface area contributed by atoms with Gasteiger partial charge >= 0.3 is 0 Å². The number of rotatable bonds is 2. The number of amides is 1. The Hall–Kier alpha value is -2.92. The van der Waals surface area contributed by atoms with Crippen LogP contribution in [0, 0.1) is 0 Å². The molecule has 2 atom stereocenters. The number of carbonyl (C=O) groups excluding carboxylic acids is 1. The van der Waals surface area contributed by atoms with Gasteiger partial charge < -0.3 is 14.6 Å². The Morgan fingerprint density at radius 2 is 1.81 bits per heavy atom. The van der Waals surface area contributed by atoms with E-state index >= 15 is 0 Å². The lowest BCUT2D eigenvalue weighted by Gasteiger charge is -2.37. The van der Waals surface area contributed by atoms with E-state index in [1.807, 2.05) is 55.5 Å². The highest BCUT2D eigenvalue weighted by Crippen LogP contribution is 2.26. The van der Waals surface area contributed by atoms with Crippen molar-refractivity contribution in [3.8, 4) is 0 Å². The van der Waals surface area contributed by atoms with Crippen molar-refractivity contribution in [2.45, 2.75) is 19.1 Å². The summed E-state index contributed by atoms with van der Waals surface area (Å²) in [4.78, 5) is 29.8. The van der Waals surface area contributed by atoms with E-state index < -0.39 is 0 Å². The largest absolute Gasteiger partial charge is 0.367 e. The van der Waals surface area contributed by atoms with E-state index in [1.54, 1.807) is 17.0 Å². The molecule has 1 saturated heterocycles. The number of carbonyl (C=O) groups is 1. The van der Waals surface area contributed by atoms with Crippen LogP contribution in [-0.2, 0) is 4.74 Å². The van der Waals surface area contributed by atoms with Crippen LogP contribution in [0.4, 0.5) is 0 Å². The molecule has 1 fully saturated rings. The van der Waals surface area contributed by atoms with Gasteiger partial charge in [-0.2, -0.15) is 0 Å². The highest BCUT2D eigenvalue weighted by molar-refractivity contribution is 5.96. The van der Waals surface area contributed by atoms with Crippen molar-refractivity contribution in [2.75, 3.05) is 13.1 Å². The van der Waals surface area contributed by atoms with Gasteiger partial charge in [-0.1, -0.05) is 48.5 Å². The fraction of sp³-hybridized carbons (Fsp3) is 0.238. The van der Waals surface area contributed by atoms with Crippen molar-refractivity contribution < 1.29 is 9.53 Å². The Bertz CT molecular complexity index is 997. The lowest BCUT2D eigenvalue weighted by molar-refractivity contribution is -0.0692. The third-order valence-electron chi connectivity index (χ3n) is 4.70. The average Bonchev–Trinajstić information content (AvgIpc) is 2.67. The first-order valence-electron chi connectivity index (χ1n) is 8.73. The van der Waals surface area contributed by atoms with Crippen LogP contribution < -0.4 is 5.56 Å². The summed E-state index contributed by atoms with van der Waals surface area (Å²) in [5.74, 6) is -0.177. The fourth-order valence-electron chi connectivity index (χ4n) is 3.47. The summed E-state index contributed by atoms with van der Waals surface area (Å²) >= 11 is 0. The number of benzene rings is 2. The number of pyridine rings is 1. The average molecular weight is 348 g/mol. The Labute approximate surface area is 151 Å². The molecule has 26 heavy (non-hydrogen) atoms. The first-order valence-corrected chi connectivity index (χ1v) is 8.73. The molecule has 2 heterocycles. The fourth-order valence-corrected chi connectivity index (χ4v) is 3.47. The molecule has 2 aromatic carbocycles. The van der Waals surface area contributed by atoms with E-state index in [0.717, 1.165) is 10.9 Å². The molecule has 1 amide bonds. The molecule has 1 aromatic heterocycles. The molecule has 1 aliphatic rings. The molecule has 0 aliphatic carbocycles. The predicted molar refractivity (Wildman–Crippen MR) is 100 cm³/mol. The van der Waals surface area contributed by atoms with Crippen molar-refractivity contribution in [3.05, 3.63) is 82.3 Å². The third-order valence-corrected chi connectivity index (χ3v) is 4.70. The molecular formula is C21H20N2O3. The van der Waals surface area contributed by atoms with Gasteiger partial charge in [0.15, 0.2) is 0 Å². The summed E-state index contributed by atoms with van der Waals surface area (Å²) in [5, 5.41) is 1.35. The topological polar surface area (TPSA) is 62.4 Å². The number of aromatic amines is 1. The Balaban J connectivity index is 1.64. The second-order valence-electron chi connectivity index (χ2n) is 6.66. The highest BCUT2D eigenvalue weighted by Gasteiger charge is 2.30. The molecule has 132 valence electrons. The molecule has 5 heteroatoms. The maximum Gasteiger partial charge on any atom is 0.270 e. The quantitative estimate of drug-likeness (QED) is 0.774. The van der Waals surface area contributed by atoms with E-state index in [1.165, 1.54) is 0 Å². The van der Waals surface area contributed by atoms with Crippen LogP contribution in [0.25, 0.3) is 10.8 Å². The van der Waals surface area contributed by atoms with Gasteiger partial charge in [0.25, 0.3) is 11.5 Å². The first-order chi connectivity index (χ1) is 12.6. The van der Waals surface area contributed by atoms with Gasteiger partial charge in [0.1, 0.15) is 11.8 Å². The summed E-state index contributed by atoms with van der Waals surface area (Å²) in [7, 11) is 0. The number of nitrogens with one attached hydrogen (secondary N) is 1. The summed E-state index contributed by atoms with van der Waals surface area (Å²) in [5.41, 5.74) is 1.12. The van der Waals surface area contributed by atoms with Crippen LogP contribution in [-0.4, -0.2) is 35.0 Å². The number of ether oxygens (including phenoxy) is 1. The lowest BCUT2D eigenvalue weighted by Crippen LogP contribution is -2.46. The SMILES string of the molecule is C[C@H]1CN(C(=O)c2cc3ccccc3c(=O)[nH]2)C[C@@H](c2ccccc2)O1. The minimum absolute atomic E-state index is 0.0786. The van der Waals surface area contributed by atoms with Crippen molar-refractivity contribution in [3.63, 3.8) is 0 Å². The van der Waals surface area contributed by atoms with Crippen molar-refractivity contribution >= 4 is 16.7 Å². The smallest absolute Gasteiger partial charge is 0.270 e. The third kappa shape index (κ3) is 3.13. The second-order valence-corrected chi connectivity index (χ2v) is 6.66. The minimum Gasteiger partial charge on any atom is -0.367 e. The number of nitrogens with zero attached hydrogens (tertiary/aromatic N) is 1. The number of H-pyrrole nitrogens is 1. The van der Waals surface area contributed by atoms with Crippen LogP contribution >= 0.6 is 0 Å².